The van der Waals surface area contributed by atoms with Gasteiger partial charge in [0.2, 0.25) is 5.88 Å². The molecule has 0 spiro atoms. The summed E-state index contributed by atoms with van der Waals surface area (Å²) < 4.78 is 22.5. The van der Waals surface area contributed by atoms with Gasteiger partial charge in [-0.2, -0.15) is 9.97 Å². The van der Waals surface area contributed by atoms with Gasteiger partial charge in [0.05, 0.1) is 18.7 Å². The number of nitrogens with one attached hydrogen (secondary N) is 1. The minimum atomic E-state index is -0.659. The lowest BCUT2D eigenvalue weighted by Crippen LogP contribution is -2.34. The zero-order valence-electron chi connectivity index (χ0n) is 17.1. The number of imidazole rings is 1. The van der Waals surface area contributed by atoms with Crippen molar-refractivity contribution in [3.8, 4) is 11.9 Å². The Bertz CT molecular complexity index is 1130. The number of aliphatic hydroxyl groups is 1. The predicted octanol–water partition coefficient (Wildman–Crippen LogP) is 1.56. The van der Waals surface area contributed by atoms with Gasteiger partial charge in [0, 0.05) is 12.7 Å². The van der Waals surface area contributed by atoms with Gasteiger partial charge in [0.15, 0.2) is 18.4 Å². The zero-order chi connectivity index (χ0) is 22.2. The Labute approximate surface area is 188 Å². The van der Waals surface area contributed by atoms with Crippen LogP contribution in [-0.4, -0.2) is 77.2 Å². The topological polar surface area (TPSA) is 119 Å². The largest absolute Gasteiger partial charge is 0.466 e. The lowest BCUT2D eigenvalue weighted by molar-refractivity contribution is -0.120. The molecular formula is C21H21ClN4O6. The third-order valence-electron chi connectivity index (χ3n) is 5.47. The van der Waals surface area contributed by atoms with Gasteiger partial charge in [-0.05, 0) is 18.2 Å². The van der Waals surface area contributed by atoms with Gasteiger partial charge in [-0.25, -0.2) is 0 Å². The summed E-state index contributed by atoms with van der Waals surface area (Å²) in [6, 6.07) is 11.1. The Kier molecular flexibility index (Phi) is 5.60. The maximum Gasteiger partial charge on any atom is 0.296 e. The highest BCUT2D eigenvalue weighted by atomic mass is 35.5. The van der Waals surface area contributed by atoms with Crippen molar-refractivity contribution in [3.63, 3.8) is 0 Å². The van der Waals surface area contributed by atoms with Crippen LogP contribution in [0.1, 0.15) is 0 Å². The van der Waals surface area contributed by atoms with Crippen LogP contribution in [0.2, 0.25) is 5.02 Å². The fraction of sp³-hybridized carbons (Fsp3) is 0.381. The summed E-state index contributed by atoms with van der Waals surface area (Å²) >= 11 is 6.28. The number of halogens is 1. The lowest BCUT2D eigenvalue weighted by atomic mass is 10.1. The normalized spacial score (nSPS) is 24.5. The molecule has 11 heteroatoms. The third kappa shape index (κ3) is 3.97. The molecule has 0 radical (unpaired) electrons. The van der Waals surface area contributed by atoms with Crippen molar-refractivity contribution in [1.29, 1.82) is 0 Å². The number of likely N-dealkylation sites (N-methyl/N-ethyl adjacent to an activating group) is 1. The number of pyridine rings is 1. The fourth-order valence-electron chi connectivity index (χ4n) is 3.75. The minimum Gasteiger partial charge on any atom is -0.466 e. The molecule has 2 N–H and O–H groups in total. The molecule has 32 heavy (non-hydrogen) atoms. The number of aromatic amines is 1. The molecule has 2 aliphatic heterocycles. The first kappa shape index (κ1) is 21.0. The van der Waals surface area contributed by atoms with E-state index in [0.717, 1.165) is 5.69 Å². The number of carbonyl (C=O) groups is 1. The number of amides is 1. The van der Waals surface area contributed by atoms with Crippen molar-refractivity contribution in [2.24, 2.45) is 0 Å². The van der Waals surface area contributed by atoms with Gasteiger partial charge in [-0.3, -0.25) is 4.79 Å². The summed E-state index contributed by atoms with van der Waals surface area (Å²) in [7, 11) is 1.67. The van der Waals surface area contributed by atoms with Gasteiger partial charge in [-0.1, -0.05) is 29.8 Å². The van der Waals surface area contributed by atoms with Crippen LogP contribution in [0.4, 0.5) is 5.69 Å². The molecule has 0 unspecified atom stereocenters. The van der Waals surface area contributed by atoms with Crippen LogP contribution in [0.25, 0.3) is 11.2 Å². The van der Waals surface area contributed by atoms with E-state index in [9.17, 15) is 9.90 Å². The van der Waals surface area contributed by atoms with Crippen molar-refractivity contribution in [2.75, 3.05) is 31.8 Å². The average molecular weight is 461 g/mol. The van der Waals surface area contributed by atoms with E-state index in [1.165, 1.54) is 4.90 Å². The molecule has 1 aromatic carbocycles. The molecule has 1 amide bonds. The number of nitrogens with zero attached hydrogens (tertiary/aromatic N) is 3. The number of H-pyrrole nitrogens is 1. The van der Waals surface area contributed by atoms with Crippen molar-refractivity contribution in [2.45, 2.75) is 24.4 Å². The molecule has 2 saturated heterocycles. The molecule has 2 aliphatic rings. The van der Waals surface area contributed by atoms with Crippen LogP contribution in [-0.2, 0) is 14.3 Å². The van der Waals surface area contributed by atoms with Gasteiger partial charge in [-0.15, -0.1) is 0 Å². The van der Waals surface area contributed by atoms with Crippen LogP contribution in [0.3, 0.4) is 0 Å². The van der Waals surface area contributed by atoms with Crippen LogP contribution < -0.4 is 14.4 Å². The van der Waals surface area contributed by atoms with E-state index in [0.29, 0.717) is 11.2 Å². The first-order valence-electron chi connectivity index (χ1n) is 10.1. The summed E-state index contributed by atoms with van der Waals surface area (Å²) in [6.45, 7) is 0.258. The van der Waals surface area contributed by atoms with Crippen molar-refractivity contribution < 1.29 is 28.8 Å². The Morgan fingerprint density at radius 3 is 2.84 bits per heavy atom. The van der Waals surface area contributed by atoms with Gasteiger partial charge in [0.1, 0.15) is 23.3 Å². The molecule has 5 rings (SSSR count). The first-order chi connectivity index (χ1) is 15.5. The molecule has 0 saturated carbocycles. The first-order valence-corrected chi connectivity index (χ1v) is 10.5. The Hall–Kier alpha value is -2.92. The quantitative estimate of drug-likeness (QED) is 0.569. The van der Waals surface area contributed by atoms with E-state index < -0.39 is 18.3 Å². The number of ether oxygens (including phenoxy) is 4. The van der Waals surface area contributed by atoms with E-state index in [4.69, 9.17) is 30.5 Å². The highest BCUT2D eigenvalue weighted by Gasteiger charge is 2.48. The Morgan fingerprint density at radius 2 is 2.03 bits per heavy atom. The van der Waals surface area contributed by atoms with E-state index in [-0.39, 0.29) is 48.7 Å². The SMILES string of the molecule is CN(C(=O)COc1nc2nc(O[C@@H]3CO[C@H]4[C@@H]3OC[C@H]4O)[nH]c2cc1Cl)c1ccccc1. The maximum absolute atomic E-state index is 12.4. The zero-order valence-corrected chi connectivity index (χ0v) is 17.9. The highest BCUT2D eigenvalue weighted by molar-refractivity contribution is 6.32. The molecule has 0 aliphatic carbocycles. The summed E-state index contributed by atoms with van der Waals surface area (Å²) in [6.07, 6.45) is -1.83. The molecule has 2 fully saturated rings. The standard InChI is InChI=1S/C21H21ClN4O6/c1-26(11-5-3-2-4-6-11)16(28)10-31-20-12(22)7-13-19(24-20)25-21(23-13)32-15-9-30-17-14(27)8-29-18(15)17/h2-7,14-15,17-18,27H,8-10H2,1H3,(H,23,24,25)/t14-,15-,17-,18-/m1/s1. The van der Waals surface area contributed by atoms with E-state index in [2.05, 4.69) is 15.0 Å². The molecule has 2 aromatic heterocycles. The lowest BCUT2D eigenvalue weighted by Gasteiger charge is -2.17. The summed E-state index contributed by atoms with van der Waals surface area (Å²) in [4.78, 5) is 25.6. The highest BCUT2D eigenvalue weighted by Crippen LogP contribution is 2.31. The molecule has 4 atom stereocenters. The molecule has 10 nitrogen and oxygen atoms in total. The number of anilines is 1. The third-order valence-corrected chi connectivity index (χ3v) is 5.74. The van der Waals surface area contributed by atoms with Crippen LogP contribution in [0.5, 0.6) is 11.9 Å². The van der Waals surface area contributed by atoms with Gasteiger partial charge >= 0.3 is 0 Å². The summed E-state index contributed by atoms with van der Waals surface area (Å²) in [5, 5.41) is 10.1. The minimum absolute atomic E-state index is 0.0959. The molecule has 168 valence electrons. The van der Waals surface area contributed by atoms with Gasteiger partial charge < -0.3 is 33.9 Å². The fourth-order valence-corrected chi connectivity index (χ4v) is 3.95. The second-order valence-corrected chi connectivity index (χ2v) is 7.99. The number of aromatic nitrogens is 3. The van der Waals surface area contributed by atoms with E-state index in [1.54, 1.807) is 13.1 Å². The molecule has 3 aromatic rings. The number of benzene rings is 1. The van der Waals surface area contributed by atoms with Crippen molar-refractivity contribution in [1.82, 2.24) is 15.0 Å². The van der Waals surface area contributed by atoms with E-state index >= 15 is 0 Å². The Balaban J connectivity index is 1.26. The molecular weight excluding hydrogens is 440 g/mol. The van der Waals surface area contributed by atoms with Crippen LogP contribution in [0.15, 0.2) is 36.4 Å². The number of fused-ring (bicyclic) bond motifs is 2. The average Bonchev–Trinajstić information content (AvgIpc) is 3.49. The predicted molar refractivity (Wildman–Crippen MR) is 114 cm³/mol. The second-order valence-electron chi connectivity index (χ2n) is 7.58. The smallest absolute Gasteiger partial charge is 0.296 e. The second kappa shape index (κ2) is 8.55. The van der Waals surface area contributed by atoms with Crippen molar-refractivity contribution >= 4 is 34.4 Å². The molecule has 0 bridgehead atoms. The number of aliphatic hydroxyl groups excluding tert-OH is 1. The number of rotatable bonds is 6. The summed E-state index contributed by atoms with van der Waals surface area (Å²) in [5.41, 5.74) is 1.63. The summed E-state index contributed by atoms with van der Waals surface area (Å²) in [5.74, 6) is -0.159. The number of hydrogen-bond acceptors (Lipinski definition) is 8. The monoisotopic (exact) mass is 460 g/mol. The number of carbonyl (C=O) groups excluding carboxylic acids is 1. The number of hydrogen-bond donors (Lipinski definition) is 2. The van der Waals surface area contributed by atoms with E-state index in [1.807, 2.05) is 30.3 Å². The number of para-hydroxylation sites is 1. The van der Waals surface area contributed by atoms with Crippen LogP contribution in [0, 0.1) is 0 Å². The van der Waals surface area contributed by atoms with Crippen molar-refractivity contribution in [3.05, 3.63) is 41.4 Å². The van der Waals surface area contributed by atoms with Gasteiger partial charge in [0.25, 0.3) is 11.9 Å². The van der Waals surface area contributed by atoms with Crippen LogP contribution >= 0.6 is 11.6 Å². The maximum atomic E-state index is 12.4. The Morgan fingerprint density at radius 1 is 1.25 bits per heavy atom. The molecule has 4 heterocycles.